The van der Waals surface area contributed by atoms with Crippen LogP contribution in [0.5, 0.6) is 0 Å². The molecule has 2 atom stereocenters. The molecule has 0 saturated carbocycles. The van der Waals surface area contributed by atoms with Gasteiger partial charge in [0.2, 0.25) is 5.91 Å². The van der Waals surface area contributed by atoms with E-state index in [-0.39, 0.29) is 24.8 Å². The summed E-state index contributed by atoms with van der Waals surface area (Å²) in [6.45, 7) is 3.23. The highest BCUT2D eigenvalue weighted by molar-refractivity contribution is 6.11. The van der Waals surface area contributed by atoms with E-state index in [9.17, 15) is 19.5 Å². The number of carboxylic acids is 1. The Morgan fingerprint density at radius 1 is 1.42 bits per heavy atom. The molecule has 1 fully saturated rings. The van der Waals surface area contributed by atoms with Gasteiger partial charge in [0.15, 0.2) is 11.3 Å². The highest BCUT2D eigenvalue weighted by Gasteiger charge is 2.57. The average molecular weight is 271 g/mol. The summed E-state index contributed by atoms with van der Waals surface area (Å²) in [7, 11) is 0. The number of amides is 1. The number of Topliss-reactive ketones (excluding diaryl/α,β-unsaturated/α-hetero) is 1. The second-order valence-electron chi connectivity index (χ2n) is 4.84. The van der Waals surface area contributed by atoms with E-state index in [1.165, 1.54) is 4.90 Å². The van der Waals surface area contributed by atoms with Crippen LogP contribution in [-0.4, -0.2) is 51.0 Å². The topological polar surface area (TPSA) is 94.9 Å². The molecule has 19 heavy (non-hydrogen) atoms. The van der Waals surface area contributed by atoms with Gasteiger partial charge in [0.25, 0.3) is 0 Å². The molecule has 2 unspecified atom stereocenters. The fourth-order valence-electron chi connectivity index (χ4n) is 2.73. The van der Waals surface area contributed by atoms with E-state index in [2.05, 4.69) is 0 Å². The Bertz CT molecular complexity index is 381. The molecule has 1 saturated heterocycles. The van der Waals surface area contributed by atoms with Crippen LogP contribution in [0.3, 0.4) is 0 Å². The number of β-lactam (4-membered cyclic amide) rings is 1. The van der Waals surface area contributed by atoms with Crippen molar-refractivity contribution in [1.29, 1.82) is 0 Å². The second kappa shape index (κ2) is 6.14. The van der Waals surface area contributed by atoms with Crippen molar-refractivity contribution in [1.82, 2.24) is 4.90 Å². The first-order chi connectivity index (χ1) is 8.95. The number of hydrogen-bond acceptors (Lipinski definition) is 4. The monoisotopic (exact) mass is 271 g/mol. The Balaban J connectivity index is 3.19. The van der Waals surface area contributed by atoms with Crippen LogP contribution in [0.2, 0.25) is 0 Å². The number of carbonyl (C=O) groups is 3. The molecule has 0 aromatic carbocycles. The van der Waals surface area contributed by atoms with Gasteiger partial charge in [0.05, 0.1) is 6.61 Å². The molecule has 1 heterocycles. The molecule has 6 heteroatoms. The van der Waals surface area contributed by atoms with Crippen molar-refractivity contribution in [3.05, 3.63) is 0 Å². The van der Waals surface area contributed by atoms with Gasteiger partial charge >= 0.3 is 5.97 Å². The van der Waals surface area contributed by atoms with Crippen LogP contribution in [0.15, 0.2) is 0 Å². The van der Waals surface area contributed by atoms with Crippen LogP contribution in [0.4, 0.5) is 0 Å². The molecule has 1 aliphatic rings. The van der Waals surface area contributed by atoms with Crippen LogP contribution in [-0.2, 0) is 14.4 Å². The van der Waals surface area contributed by atoms with Gasteiger partial charge in [-0.15, -0.1) is 0 Å². The lowest BCUT2D eigenvalue weighted by atomic mass is 9.79. The molecular weight excluding hydrogens is 250 g/mol. The van der Waals surface area contributed by atoms with E-state index in [4.69, 9.17) is 5.11 Å². The fourth-order valence-corrected chi connectivity index (χ4v) is 2.73. The number of nitrogens with zero attached hydrogens (tertiary/aromatic N) is 1. The smallest absolute Gasteiger partial charge is 0.337 e. The summed E-state index contributed by atoms with van der Waals surface area (Å²) in [5.41, 5.74) is -1.80. The summed E-state index contributed by atoms with van der Waals surface area (Å²) < 4.78 is 0. The van der Waals surface area contributed by atoms with Gasteiger partial charge in [0, 0.05) is 18.9 Å². The minimum Gasteiger partial charge on any atom is -0.479 e. The average Bonchev–Trinajstić information content (AvgIpc) is 2.34. The zero-order valence-electron chi connectivity index (χ0n) is 11.4. The quantitative estimate of drug-likeness (QED) is 0.497. The number of aliphatic carboxylic acids is 1. The van der Waals surface area contributed by atoms with Gasteiger partial charge in [0.1, 0.15) is 0 Å². The summed E-state index contributed by atoms with van der Waals surface area (Å²) in [5.74, 6) is -2.18. The maximum absolute atomic E-state index is 12.2. The fraction of sp³-hybridized carbons (Fsp3) is 0.769. The zero-order valence-corrected chi connectivity index (χ0v) is 11.4. The van der Waals surface area contributed by atoms with Crippen molar-refractivity contribution in [2.75, 3.05) is 6.61 Å². The van der Waals surface area contributed by atoms with Crippen LogP contribution in [0.1, 0.15) is 46.0 Å². The van der Waals surface area contributed by atoms with Crippen LogP contribution in [0.25, 0.3) is 0 Å². The molecule has 0 aromatic rings. The van der Waals surface area contributed by atoms with Crippen molar-refractivity contribution in [3.63, 3.8) is 0 Å². The van der Waals surface area contributed by atoms with Crippen molar-refractivity contribution < 1.29 is 24.6 Å². The van der Waals surface area contributed by atoms with Gasteiger partial charge in [-0.05, 0) is 12.8 Å². The zero-order chi connectivity index (χ0) is 14.6. The Kier molecular flexibility index (Phi) is 5.05. The van der Waals surface area contributed by atoms with Crippen LogP contribution >= 0.6 is 0 Å². The molecule has 1 rings (SSSR count). The normalized spacial score (nSPS) is 21.7. The van der Waals surface area contributed by atoms with Gasteiger partial charge < -0.3 is 15.1 Å². The van der Waals surface area contributed by atoms with E-state index >= 15 is 0 Å². The van der Waals surface area contributed by atoms with Crippen LogP contribution in [0, 0.1) is 0 Å². The van der Waals surface area contributed by atoms with Crippen molar-refractivity contribution in [3.8, 4) is 0 Å². The minimum atomic E-state index is -1.80. The first-order valence-corrected chi connectivity index (χ1v) is 6.65. The Labute approximate surface area is 112 Å². The van der Waals surface area contributed by atoms with Crippen molar-refractivity contribution in [2.45, 2.75) is 57.5 Å². The molecular formula is C13H21NO5. The van der Waals surface area contributed by atoms with Gasteiger partial charge in [-0.2, -0.15) is 0 Å². The summed E-state index contributed by atoms with van der Waals surface area (Å²) >= 11 is 0. The molecule has 6 nitrogen and oxygen atoms in total. The number of aliphatic hydroxyl groups is 1. The number of likely N-dealkylation sites (tertiary alicyclic amines) is 1. The third-order valence-electron chi connectivity index (χ3n) is 3.69. The van der Waals surface area contributed by atoms with E-state index in [1.807, 2.05) is 6.92 Å². The Hall–Kier alpha value is -1.43. The molecule has 0 radical (unpaired) electrons. The molecule has 0 spiro atoms. The lowest BCUT2D eigenvalue weighted by Crippen LogP contribution is -2.70. The maximum Gasteiger partial charge on any atom is 0.337 e. The number of hydrogen-bond donors (Lipinski definition) is 2. The summed E-state index contributed by atoms with van der Waals surface area (Å²) in [6.07, 6.45) is 1.23. The number of carboxylic acid groups (broad SMARTS) is 1. The second-order valence-corrected chi connectivity index (χ2v) is 4.84. The lowest BCUT2D eigenvalue weighted by Gasteiger charge is -2.50. The number of carbonyl (C=O) groups excluding carboxylic acids is 2. The maximum atomic E-state index is 12.2. The van der Waals surface area contributed by atoms with Crippen molar-refractivity contribution in [2.24, 2.45) is 0 Å². The van der Waals surface area contributed by atoms with Crippen molar-refractivity contribution >= 4 is 17.7 Å². The van der Waals surface area contributed by atoms with Gasteiger partial charge in [-0.1, -0.05) is 20.3 Å². The summed E-state index contributed by atoms with van der Waals surface area (Å²) in [5, 5.41) is 18.4. The minimum absolute atomic E-state index is 0.0867. The van der Waals surface area contributed by atoms with E-state index in [0.29, 0.717) is 19.3 Å². The number of ketones is 1. The predicted molar refractivity (Wildman–Crippen MR) is 67.5 cm³/mol. The molecule has 0 aliphatic carbocycles. The Morgan fingerprint density at radius 3 is 2.42 bits per heavy atom. The molecule has 0 aromatic heterocycles. The molecule has 1 aliphatic heterocycles. The number of aliphatic hydroxyl groups excluding tert-OH is 1. The van der Waals surface area contributed by atoms with Gasteiger partial charge in [-0.25, -0.2) is 4.79 Å². The highest BCUT2D eigenvalue weighted by atomic mass is 16.4. The first kappa shape index (κ1) is 15.6. The SMILES string of the molecule is CCCC(C(=O)O)(C(=O)CCO)N1C(=O)CC1CC. The van der Waals surface area contributed by atoms with E-state index < -0.39 is 23.9 Å². The first-order valence-electron chi connectivity index (χ1n) is 6.65. The van der Waals surface area contributed by atoms with E-state index in [0.717, 1.165) is 0 Å². The van der Waals surface area contributed by atoms with E-state index in [1.54, 1.807) is 6.92 Å². The van der Waals surface area contributed by atoms with Gasteiger partial charge in [-0.3, -0.25) is 9.59 Å². The van der Waals surface area contributed by atoms with Crippen LogP contribution < -0.4 is 0 Å². The molecule has 1 amide bonds. The molecule has 2 N–H and O–H groups in total. The predicted octanol–water partition coefficient (Wildman–Crippen LogP) is 0.572. The third kappa shape index (κ3) is 2.49. The Morgan fingerprint density at radius 2 is 2.05 bits per heavy atom. The third-order valence-corrected chi connectivity index (χ3v) is 3.69. The molecule has 0 bridgehead atoms. The standard InChI is InChI=1S/C13H21NO5/c1-3-6-13(12(18)19,10(16)5-7-15)14-9(4-2)8-11(14)17/h9,15H,3-8H2,1-2H3,(H,18,19). The largest absolute Gasteiger partial charge is 0.479 e. The molecule has 108 valence electrons. The summed E-state index contributed by atoms with van der Waals surface area (Å²) in [6, 6.07) is -0.196. The number of rotatable bonds is 8. The lowest BCUT2D eigenvalue weighted by molar-refractivity contribution is -0.178. The highest BCUT2D eigenvalue weighted by Crippen LogP contribution is 2.36. The summed E-state index contributed by atoms with van der Waals surface area (Å²) in [4.78, 5) is 36.9.